The number of aryl methyl sites for hydroxylation is 1. The Morgan fingerprint density at radius 3 is 2.54 bits per heavy atom. The van der Waals surface area contributed by atoms with E-state index in [2.05, 4.69) is 25.0 Å². The van der Waals surface area contributed by atoms with Crippen LogP contribution in [0.1, 0.15) is 67.9 Å². The standard InChI is InChI=1S/C25H30F3N5O3S/c1-14-9-20(32-24-29-11-19(37-24)16-7-8-16)31-23(30-14)33-12-17(15-5-3-2-4-6-15)10-18(13-33)21(34)36-22(35)25(26,27)28/h9,11,15-18H,2-8,10,12-13H2,1H3,(H,29,30,31,32). The number of rotatable bonds is 6. The third-order valence-corrected chi connectivity index (χ3v) is 8.50. The van der Waals surface area contributed by atoms with Crippen LogP contribution in [0.2, 0.25) is 0 Å². The molecule has 3 heterocycles. The van der Waals surface area contributed by atoms with Gasteiger partial charge in [0.05, 0.1) is 5.92 Å². The van der Waals surface area contributed by atoms with Crippen LogP contribution < -0.4 is 10.2 Å². The Labute approximate surface area is 217 Å². The van der Waals surface area contributed by atoms with Crippen LogP contribution in [0.3, 0.4) is 0 Å². The number of alkyl halides is 3. The van der Waals surface area contributed by atoms with Gasteiger partial charge in [-0.05, 0) is 43.9 Å². The number of nitrogens with one attached hydrogen (secondary N) is 1. The number of halogens is 3. The van der Waals surface area contributed by atoms with E-state index in [-0.39, 0.29) is 12.5 Å². The third kappa shape index (κ3) is 6.39. The fraction of sp³-hybridized carbons (Fsp3) is 0.640. The zero-order valence-corrected chi connectivity index (χ0v) is 21.4. The Bertz CT molecular complexity index is 1150. The Morgan fingerprint density at radius 1 is 1.08 bits per heavy atom. The van der Waals surface area contributed by atoms with Crippen LogP contribution >= 0.6 is 11.3 Å². The summed E-state index contributed by atoms with van der Waals surface area (Å²) in [6.45, 7) is 2.51. The number of hydrogen-bond donors (Lipinski definition) is 1. The van der Waals surface area contributed by atoms with E-state index in [1.807, 2.05) is 18.0 Å². The van der Waals surface area contributed by atoms with Crippen molar-refractivity contribution < 1.29 is 27.5 Å². The van der Waals surface area contributed by atoms with Gasteiger partial charge in [-0.15, -0.1) is 11.3 Å². The van der Waals surface area contributed by atoms with Crippen LogP contribution in [0.25, 0.3) is 0 Å². The summed E-state index contributed by atoms with van der Waals surface area (Å²) in [5.74, 6) is -2.54. The van der Waals surface area contributed by atoms with E-state index in [4.69, 9.17) is 0 Å². The summed E-state index contributed by atoms with van der Waals surface area (Å²) in [5, 5.41) is 3.98. The number of thiazole rings is 1. The second-order valence-corrected chi connectivity index (χ2v) is 11.4. The molecule has 0 radical (unpaired) electrons. The zero-order valence-electron chi connectivity index (χ0n) is 20.6. The molecule has 0 aromatic carbocycles. The highest BCUT2D eigenvalue weighted by Crippen LogP contribution is 2.44. The van der Waals surface area contributed by atoms with E-state index in [0.717, 1.165) is 37.2 Å². The Morgan fingerprint density at radius 2 is 1.84 bits per heavy atom. The smallest absolute Gasteiger partial charge is 0.386 e. The molecule has 3 fully saturated rings. The molecule has 12 heteroatoms. The van der Waals surface area contributed by atoms with Crippen molar-refractivity contribution in [1.82, 2.24) is 15.0 Å². The van der Waals surface area contributed by atoms with Crippen molar-refractivity contribution in [2.75, 3.05) is 23.3 Å². The summed E-state index contributed by atoms with van der Waals surface area (Å²) in [6.07, 6.45) is 4.79. The van der Waals surface area contributed by atoms with Gasteiger partial charge in [0, 0.05) is 35.9 Å². The van der Waals surface area contributed by atoms with Gasteiger partial charge >= 0.3 is 18.1 Å². The molecule has 5 rings (SSSR count). The van der Waals surface area contributed by atoms with Gasteiger partial charge in [0.2, 0.25) is 5.95 Å². The average Bonchev–Trinajstić information content (AvgIpc) is 3.62. The molecular formula is C25H30F3N5O3S. The molecule has 3 aliphatic rings. The lowest BCUT2D eigenvalue weighted by molar-refractivity contribution is -0.203. The maximum atomic E-state index is 12.7. The van der Waals surface area contributed by atoms with E-state index in [9.17, 15) is 22.8 Å². The molecule has 0 amide bonds. The minimum absolute atomic E-state index is 0.0631. The molecule has 1 saturated heterocycles. The van der Waals surface area contributed by atoms with Crippen molar-refractivity contribution >= 4 is 40.2 Å². The summed E-state index contributed by atoms with van der Waals surface area (Å²) in [6, 6.07) is 1.80. The van der Waals surface area contributed by atoms with E-state index in [1.165, 1.54) is 17.7 Å². The Kier molecular flexibility index (Phi) is 7.37. The van der Waals surface area contributed by atoms with Gasteiger partial charge in [-0.1, -0.05) is 32.1 Å². The lowest BCUT2D eigenvalue weighted by Gasteiger charge is -2.41. The summed E-state index contributed by atoms with van der Waals surface area (Å²) < 4.78 is 42.4. The average molecular weight is 538 g/mol. The van der Waals surface area contributed by atoms with Gasteiger partial charge < -0.3 is 15.0 Å². The number of esters is 2. The predicted molar refractivity (Wildman–Crippen MR) is 132 cm³/mol. The first-order chi connectivity index (χ1) is 17.7. The van der Waals surface area contributed by atoms with Crippen LogP contribution in [0.15, 0.2) is 12.3 Å². The highest BCUT2D eigenvalue weighted by Gasteiger charge is 2.45. The van der Waals surface area contributed by atoms with Gasteiger partial charge in [-0.2, -0.15) is 18.2 Å². The molecule has 37 heavy (non-hydrogen) atoms. The maximum absolute atomic E-state index is 12.7. The van der Waals surface area contributed by atoms with Crippen molar-refractivity contribution in [3.8, 4) is 0 Å². The first-order valence-electron chi connectivity index (χ1n) is 12.8. The van der Waals surface area contributed by atoms with E-state index in [0.29, 0.717) is 42.3 Å². The van der Waals surface area contributed by atoms with Crippen LogP contribution in [-0.2, 0) is 14.3 Å². The first-order valence-corrected chi connectivity index (χ1v) is 13.6. The lowest BCUT2D eigenvalue weighted by Crippen LogP contribution is -2.47. The SMILES string of the molecule is Cc1cc(Nc2ncc(C3CC3)s2)nc(N2CC(C(=O)OC(=O)C(F)(F)F)CC(C3CCCCC3)C2)n1. The zero-order chi connectivity index (χ0) is 26.2. The number of aromatic nitrogens is 3. The number of piperidine rings is 1. The Hall–Kier alpha value is -2.76. The maximum Gasteiger partial charge on any atom is 0.491 e. The summed E-state index contributed by atoms with van der Waals surface area (Å²) in [7, 11) is 0. The molecule has 0 spiro atoms. The number of nitrogens with zero attached hydrogens (tertiary/aromatic N) is 4. The molecule has 2 unspecified atom stereocenters. The quantitative estimate of drug-likeness (QED) is 0.380. The number of carbonyl (C=O) groups is 2. The molecule has 200 valence electrons. The third-order valence-electron chi connectivity index (χ3n) is 7.42. The number of ether oxygens (including phenoxy) is 1. The highest BCUT2D eigenvalue weighted by molar-refractivity contribution is 7.15. The van der Waals surface area contributed by atoms with E-state index < -0.39 is 24.0 Å². The highest BCUT2D eigenvalue weighted by atomic mass is 32.1. The molecule has 8 nitrogen and oxygen atoms in total. The van der Waals surface area contributed by atoms with Gasteiger partial charge in [0.15, 0.2) is 5.13 Å². The topological polar surface area (TPSA) is 97.3 Å². The monoisotopic (exact) mass is 537 g/mol. The molecule has 2 saturated carbocycles. The van der Waals surface area contributed by atoms with E-state index >= 15 is 0 Å². The van der Waals surface area contributed by atoms with Crippen molar-refractivity contribution in [3.63, 3.8) is 0 Å². The summed E-state index contributed by atoms with van der Waals surface area (Å²) >= 11 is 1.60. The number of carbonyl (C=O) groups excluding carboxylic acids is 2. The number of anilines is 3. The van der Waals surface area contributed by atoms with E-state index in [1.54, 1.807) is 17.4 Å². The minimum atomic E-state index is -5.22. The first kappa shape index (κ1) is 25.9. The van der Waals surface area contributed by atoms with Gasteiger partial charge in [-0.25, -0.2) is 14.8 Å². The second kappa shape index (κ2) is 10.5. The van der Waals surface area contributed by atoms with Gasteiger partial charge in [0.1, 0.15) is 5.82 Å². The molecule has 2 atom stereocenters. The molecule has 2 aromatic rings. The summed E-state index contributed by atoms with van der Waals surface area (Å²) in [4.78, 5) is 40.8. The molecule has 0 bridgehead atoms. The van der Waals surface area contributed by atoms with Gasteiger partial charge in [-0.3, -0.25) is 4.79 Å². The van der Waals surface area contributed by atoms with Crippen molar-refractivity contribution in [3.05, 3.63) is 22.8 Å². The molecule has 1 aliphatic heterocycles. The molecule has 2 aliphatic carbocycles. The number of hydrogen-bond acceptors (Lipinski definition) is 9. The fourth-order valence-electron chi connectivity index (χ4n) is 5.42. The minimum Gasteiger partial charge on any atom is -0.386 e. The normalized spacial score (nSPS) is 23.1. The fourth-order valence-corrected chi connectivity index (χ4v) is 6.41. The summed E-state index contributed by atoms with van der Waals surface area (Å²) in [5.41, 5.74) is 0.706. The molecular weight excluding hydrogens is 507 g/mol. The van der Waals surface area contributed by atoms with Crippen LogP contribution in [0, 0.1) is 24.7 Å². The second-order valence-electron chi connectivity index (χ2n) is 10.4. The predicted octanol–water partition coefficient (Wildman–Crippen LogP) is 5.52. The van der Waals surface area contributed by atoms with Crippen LogP contribution in [0.4, 0.5) is 30.1 Å². The molecule has 2 aromatic heterocycles. The van der Waals surface area contributed by atoms with Crippen molar-refractivity contribution in [2.24, 2.45) is 17.8 Å². The lowest BCUT2D eigenvalue weighted by atomic mass is 9.74. The molecule has 1 N–H and O–H groups in total. The van der Waals surface area contributed by atoms with Crippen LogP contribution in [-0.4, -0.2) is 46.2 Å². The van der Waals surface area contributed by atoms with Crippen molar-refractivity contribution in [2.45, 2.75) is 70.4 Å². The van der Waals surface area contributed by atoms with Crippen LogP contribution in [0.5, 0.6) is 0 Å². The van der Waals surface area contributed by atoms with Gasteiger partial charge in [0.25, 0.3) is 0 Å². The Balaban J connectivity index is 1.36. The largest absolute Gasteiger partial charge is 0.491 e. The van der Waals surface area contributed by atoms with Crippen molar-refractivity contribution in [1.29, 1.82) is 0 Å².